The van der Waals surface area contributed by atoms with Gasteiger partial charge in [0.2, 0.25) is 0 Å². The van der Waals surface area contributed by atoms with Gasteiger partial charge in [0.25, 0.3) is 5.91 Å². The van der Waals surface area contributed by atoms with Crippen LogP contribution in [0.5, 0.6) is 0 Å². The number of piperazine rings is 1. The lowest BCUT2D eigenvalue weighted by atomic mass is 10.0. The Morgan fingerprint density at radius 1 is 1.17 bits per heavy atom. The number of likely N-dealkylation sites (N-methyl/N-ethyl adjacent to an activating group) is 1. The summed E-state index contributed by atoms with van der Waals surface area (Å²) in [6, 6.07) is 7.92. The fourth-order valence-corrected chi connectivity index (χ4v) is 3.80. The molecule has 0 N–H and O–H groups in total. The number of hydrogen-bond acceptors (Lipinski definition) is 3. The third-order valence-electron chi connectivity index (χ3n) is 5.12. The van der Waals surface area contributed by atoms with Crippen molar-refractivity contribution in [3.63, 3.8) is 0 Å². The molecular formula is C18H26ClN3O. The Kier molecular flexibility index (Phi) is 5.57. The summed E-state index contributed by atoms with van der Waals surface area (Å²) in [5.41, 5.74) is 0.693. The quantitative estimate of drug-likeness (QED) is 0.849. The van der Waals surface area contributed by atoms with E-state index in [0.29, 0.717) is 16.6 Å². The predicted molar refractivity (Wildman–Crippen MR) is 94.1 cm³/mol. The summed E-state index contributed by atoms with van der Waals surface area (Å²) in [6.07, 6.45) is 3.98. The van der Waals surface area contributed by atoms with Crippen molar-refractivity contribution in [3.05, 3.63) is 34.9 Å². The number of benzene rings is 1. The summed E-state index contributed by atoms with van der Waals surface area (Å²) in [5.74, 6) is 0.0990. The van der Waals surface area contributed by atoms with Crippen LogP contribution in [0.25, 0.3) is 0 Å². The highest BCUT2D eigenvalue weighted by atomic mass is 35.5. The first kappa shape index (κ1) is 16.7. The van der Waals surface area contributed by atoms with Crippen molar-refractivity contribution < 1.29 is 4.79 Å². The van der Waals surface area contributed by atoms with E-state index in [4.69, 9.17) is 11.6 Å². The van der Waals surface area contributed by atoms with Crippen molar-refractivity contribution >= 4 is 17.5 Å². The van der Waals surface area contributed by atoms with Crippen LogP contribution in [0.1, 0.15) is 29.6 Å². The second-order valence-electron chi connectivity index (χ2n) is 6.73. The Morgan fingerprint density at radius 2 is 1.96 bits per heavy atom. The minimum atomic E-state index is 0.0990. The molecule has 0 bridgehead atoms. The van der Waals surface area contributed by atoms with Crippen LogP contribution in [0.2, 0.25) is 5.02 Å². The third kappa shape index (κ3) is 4.25. The van der Waals surface area contributed by atoms with Crippen molar-refractivity contribution in [2.75, 3.05) is 46.3 Å². The molecule has 0 saturated carbocycles. The van der Waals surface area contributed by atoms with E-state index in [1.165, 1.54) is 25.8 Å². The average molecular weight is 336 g/mol. The zero-order valence-corrected chi connectivity index (χ0v) is 14.6. The molecule has 2 aliphatic rings. The summed E-state index contributed by atoms with van der Waals surface area (Å²) >= 11 is 5.99. The van der Waals surface area contributed by atoms with Gasteiger partial charge in [-0.2, -0.15) is 0 Å². The number of halogens is 1. The van der Waals surface area contributed by atoms with E-state index in [9.17, 15) is 4.79 Å². The minimum absolute atomic E-state index is 0.0990. The molecular weight excluding hydrogens is 310 g/mol. The highest BCUT2D eigenvalue weighted by molar-refractivity contribution is 6.30. The van der Waals surface area contributed by atoms with Gasteiger partial charge in [-0.3, -0.25) is 9.69 Å². The van der Waals surface area contributed by atoms with Crippen LogP contribution in [-0.2, 0) is 0 Å². The van der Waals surface area contributed by atoms with E-state index in [0.717, 1.165) is 32.7 Å². The van der Waals surface area contributed by atoms with Gasteiger partial charge in [-0.25, -0.2) is 0 Å². The molecule has 1 aromatic rings. The zero-order valence-electron chi connectivity index (χ0n) is 13.9. The SMILES string of the molecule is CN1CCCC[C@@H]1CN1CCN(C(=O)c2cccc(Cl)c2)CC1. The maximum Gasteiger partial charge on any atom is 0.253 e. The number of carbonyl (C=O) groups excluding carboxylic acids is 1. The lowest BCUT2D eigenvalue weighted by molar-refractivity contribution is 0.0565. The summed E-state index contributed by atoms with van der Waals surface area (Å²) in [5, 5.41) is 0.620. The van der Waals surface area contributed by atoms with Gasteiger partial charge in [-0.1, -0.05) is 24.1 Å². The lowest BCUT2D eigenvalue weighted by Gasteiger charge is -2.40. The smallest absolute Gasteiger partial charge is 0.253 e. The Bertz CT molecular complexity index is 543. The van der Waals surface area contributed by atoms with Crippen LogP contribution in [0, 0.1) is 0 Å². The Balaban J connectivity index is 1.51. The molecule has 0 unspecified atom stereocenters. The first-order chi connectivity index (χ1) is 11.1. The van der Waals surface area contributed by atoms with Gasteiger partial charge in [-0.05, 0) is 44.6 Å². The molecule has 2 saturated heterocycles. The van der Waals surface area contributed by atoms with Gasteiger partial charge in [0.05, 0.1) is 0 Å². The molecule has 3 rings (SSSR count). The van der Waals surface area contributed by atoms with E-state index in [1.54, 1.807) is 12.1 Å². The van der Waals surface area contributed by atoms with Crippen molar-refractivity contribution in [3.8, 4) is 0 Å². The zero-order chi connectivity index (χ0) is 16.2. The average Bonchev–Trinajstić information content (AvgIpc) is 2.57. The van der Waals surface area contributed by atoms with Crippen molar-refractivity contribution in [1.82, 2.24) is 14.7 Å². The normalized spacial score (nSPS) is 23.9. The van der Waals surface area contributed by atoms with Crippen molar-refractivity contribution in [2.24, 2.45) is 0 Å². The molecule has 2 heterocycles. The van der Waals surface area contributed by atoms with Crippen LogP contribution in [0.15, 0.2) is 24.3 Å². The predicted octanol–water partition coefficient (Wildman–Crippen LogP) is 2.58. The number of hydrogen-bond donors (Lipinski definition) is 0. The monoisotopic (exact) mass is 335 g/mol. The van der Waals surface area contributed by atoms with E-state index in [1.807, 2.05) is 17.0 Å². The molecule has 2 aliphatic heterocycles. The number of piperidine rings is 1. The molecule has 126 valence electrons. The first-order valence-corrected chi connectivity index (χ1v) is 8.99. The summed E-state index contributed by atoms with van der Waals surface area (Å²) in [6.45, 7) is 5.91. The fourth-order valence-electron chi connectivity index (χ4n) is 3.61. The highest BCUT2D eigenvalue weighted by Crippen LogP contribution is 2.18. The molecule has 5 heteroatoms. The molecule has 1 aromatic carbocycles. The summed E-state index contributed by atoms with van der Waals surface area (Å²) < 4.78 is 0. The number of amides is 1. The lowest BCUT2D eigenvalue weighted by Crippen LogP contribution is -2.53. The molecule has 23 heavy (non-hydrogen) atoms. The number of nitrogens with zero attached hydrogens (tertiary/aromatic N) is 3. The molecule has 0 aromatic heterocycles. The summed E-state index contributed by atoms with van der Waals surface area (Å²) in [7, 11) is 2.24. The Morgan fingerprint density at radius 3 is 2.65 bits per heavy atom. The van der Waals surface area contributed by atoms with Gasteiger partial charge in [0.15, 0.2) is 0 Å². The van der Waals surface area contributed by atoms with E-state index < -0.39 is 0 Å². The fraction of sp³-hybridized carbons (Fsp3) is 0.611. The van der Waals surface area contributed by atoms with Crippen LogP contribution in [0.3, 0.4) is 0 Å². The topological polar surface area (TPSA) is 26.8 Å². The standard InChI is InChI=1S/C18H26ClN3O/c1-20-8-3-2-7-17(20)14-21-9-11-22(12-10-21)18(23)15-5-4-6-16(19)13-15/h4-6,13,17H,2-3,7-12,14H2,1H3/t17-/m1/s1. The van der Waals surface area contributed by atoms with Crippen LogP contribution in [-0.4, -0.2) is 73.0 Å². The minimum Gasteiger partial charge on any atom is -0.336 e. The molecule has 1 amide bonds. The summed E-state index contributed by atoms with van der Waals surface area (Å²) in [4.78, 5) is 19.5. The van der Waals surface area contributed by atoms with Crippen molar-refractivity contribution in [2.45, 2.75) is 25.3 Å². The molecule has 0 spiro atoms. The third-order valence-corrected chi connectivity index (χ3v) is 5.36. The van der Waals surface area contributed by atoms with Gasteiger partial charge in [-0.15, -0.1) is 0 Å². The van der Waals surface area contributed by atoms with Crippen LogP contribution < -0.4 is 0 Å². The highest BCUT2D eigenvalue weighted by Gasteiger charge is 2.26. The second kappa shape index (κ2) is 7.65. The Hall–Kier alpha value is -1.10. The van der Waals surface area contributed by atoms with Crippen LogP contribution in [0.4, 0.5) is 0 Å². The Labute approximate surface area is 144 Å². The van der Waals surface area contributed by atoms with Gasteiger partial charge in [0, 0.05) is 49.4 Å². The van der Waals surface area contributed by atoms with E-state index in [2.05, 4.69) is 16.8 Å². The van der Waals surface area contributed by atoms with Crippen LogP contribution >= 0.6 is 11.6 Å². The largest absolute Gasteiger partial charge is 0.336 e. The molecule has 0 aliphatic carbocycles. The number of likely N-dealkylation sites (tertiary alicyclic amines) is 1. The van der Waals surface area contributed by atoms with Gasteiger partial charge in [0.1, 0.15) is 0 Å². The van der Waals surface area contributed by atoms with E-state index >= 15 is 0 Å². The first-order valence-electron chi connectivity index (χ1n) is 8.61. The second-order valence-corrected chi connectivity index (χ2v) is 7.17. The number of carbonyl (C=O) groups is 1. The van der Waals surface area contributed by atoms with E-state index in [-0.39, 0.29) is 5.91 Å². The molecule has 1 atom stereocenters. The molecule has 0 radical (unpaired) electrons. The van der Waals surface area contributed by atoms with Crippen molar-refractivity contribution in [1.29, 1.82) is 0 Å². The van der Waals surface area contributed by atoms with Gasteiger partial charge >= 0.3 is 0 Å². The maximum absolute atomic E-state index is 12.5. The molecule has 2 fully saturated rings. The van der Waals surface area contributed by atoms with Gasteiger partial charge < -0.3 is 9.80 Å². The molecule has 4 nitrogen and oxygen atoms in total. The maximum atomic E-state index is 12.5. The number of rotatable bonds is 3.